The molecule has 0 atom stereocenters. The van der Waals surface area contributed by atoms with Crippen molar-refractivity contribution >= 4 is 34.8 Å². The van der Waals surface area contributed by atoms with Crippen LogP contribution in [0.25, 0.3) is 0 Å². The number of benzene rings is 1. The van der Waals surface area contributed by atoms with E-state index >= 15 is 0 Å². The molecule has 0 unspecified atom stereocenters. The molecule has 0 amide bonds. The van der Waals surface area contributed by atoms with Gasteiger partial charge < -0.3 is 5.32 Å². The van der Waals surface area contributed by atoms with Crippen molar-refractivity contribution in [3.8, 4) is 0 Å². The van der Waals surface area contributed by atoms with Gasteiger partial charge in [-0.25, -0.2) is 0 Å². The number of hydrogen-bond donors (Lipinski definition) is 1. The fourth-order valence-corrected chi connectivity index (χ4v) is 3.28. The lowest BCUT2D eigenvalue weighted by molar-refractivity contribution is 0.368. The van der Waals surface area contributed by atoms with Crippen molar-refractivity contribution in [2.45, 2.75) is 37.8 Å². The van der Waals surface area contributed by atoms with Crippen molar-refractivity contribution in [2.24, 2.45) is 0 Å². The monoisotopic (exact) mass is 291 g/mol. The van der Waals surface area contributed by atoms with Gasteiger partial charge in [0.05, 0.1) is 0 Å². The van der Waals surface area contributed by atoms with Crippen molar-refractivity contribution in [3.63, 3.8) is 0 Å². The Bertz CT molecular complexity index is 366. The van der Waals surface area contributed by atoms with Gasteiger partial charge in [-0.3, -0.25) is 0 Å². The summed E-state index contributed by atoms with van der Waals surface area (Å²) in [6.07, 6.45) is 4.77. The van der Waals surface area contributed by atoms with Crippen molar-refractivity contribution < 1.29 is 0 Å². The highest BCUT2D eigenvalue weighted by Crippen LogP contribution is 2.32. The highest BCUT2D eigenvalue weighted by molar-refractivity contribution is 6.35. The van der Waals surface area contributed by atoms with E-state index < -0.39 is 0 Å². The molecule has 1 aliphatic carbocycles. The average Bonchev–Trinajstić information content (AvgIpc) is 2.78. The summed E-state index contributed by atoms with van der Waals surface area (Å²) in [6, 6.07) is 5.60. The van der Waals surface area contributed by atoms with Gasteiger partial charge in [0.1, 0.15) is 0 Å². The van der Waals surface area contributed by atoms with Crippen LogP contribution in [0.1, 0.15) is 31.2 Å². The first kappa shape index (κ1) is 13.5. The van der Waals surface area contributed by atoms with Crippen LogP contribution in [-0.4, -0.2) is 11.4 Å². The number of hydrogen-bond acceptors (Lipinski definition) is 1. The van der Waals surface area contributed by atoms with E-state index in [4.69, 9.17) is 34.8 Å². The fraction of sp³-hybridized carbons (Fsp3) is 0.538. The van der Waals surface area contributed by atoms with Crippen LogP contribution in [0.3, 0.4) is 0 Å². The van der Waals surface area contributed by atoms with Crippen molar-refractivity contribution in [1.29, 1.82) is 0 Å². The first-order chi connectivity index (χ1) is 8.17. The lowest BCUT2D eigenvalue weighted by atomic mass is 10.00. The van der Waals surface area contributed by atoms with Crippen molar-refractivity contribution in [3.05, 3.63) is 33.8 Å². The molecule has 1 N–H and O–H groups in total. The van der Waals surface area contributed by atoms with Crippen molar-refractivity contribution in [1.82, 2.24) is 5.32 Å². The summed E-state index contributed by atoms with van der Waals surface area (Å²) in [5.74, 6) is 0.648. The SMILES string of the molecule is ClCC1(NCc2c(Cl)cccc2Cl)CCCC1. The zero-order chi connectivity index (χ0) is 12.3. The number of alkyl halides is 1. The summed E-state index contributed by atoms with van der Waals surface area (Å²) in [4.78, 5) is 0. The Labute approximate surface area is 117 Å². The molecular formula is C13H16Cl3N. The zero-order valence-electron chi connectivity index (χ0n) is 9.61. The Hall–Kier alpha value is 0.0500. The van der Waals surface area contributed by atoms with Gasteiger partial charge in [0.25, 0.3) is 0 Å². The number of rotatable bonds is 4. The van der Waals surface area contributed by atoms with Gasteiger partial charge in [-0.2, -0.15) is 0 Å². The normalized spacial score (nSPS) is 18.5. The lowest BCUT2D eigenvalue weighted by Crippen LogP contribution is -2.44. The van der Waals surface area contributed by atoms with Gasteiger partial charge in [-0.1, -0.05) is 42.1 Å². The maximum atomic E-state index is 6.15. The van der Waals surface area contributed by atoms with E-state index in [-0.39, 0.29) is 5.54 Å². The van der Waals surface area contributed by atoms with E-state index in [1.165, 1.54) is 12.8 Å². The first-order valence-electron chi connectivity index (χ1n) is 5.91. The second kappa shape index (κ2) is 5.79. The minimum absolute atomic E-state index is 0.0735. The molecule has 1 nitrogen and oxygen atoms in total. The lowest BCUT2D eigenvalue weighted by Gasteiger charge is -2.28. The Morgan fingerprint density at radius 3 is 2.24 bits per heavy atom. The fourth-order valence-electron chi connectivity index (χ4n) is 2.39. The van der Waals surface area contributed by atoms with Gasteiger partial charge in [0.2, 0.25) is 0 Å². The second-order valence-electron chi connectivity index (χ2n) is 4.67. The smallest absolute Gasteiger partial charge is 0.0465 e. The van der Waals surface area contributed by atoms with Crippen LogP contribution in [0.15, 0.2) is 18.2 Å². The third-order valence-electron chi connectivity index (χ3n) is 3.52. The molecule has 2 rings (SSSR count). The molecule has 0 aliphatic heterocycles. The molecule has 4 heteroatoms. The van der Waals surface area contributed by atoms with Crippen LogP contribution in [0, 0.1) is 0 Å². The Morgan fingerprint density at radius 2 is 1.71 bits per heavy atom. The summed E-state index contributed by atoms with van der Waals surface area (Å²) in [5.41, 5.74) is 1.04. The third kappa shape index (κ3) is 3.08. The van der Waals surface area contributed by atoms with Crippen LogP contribution in [-0.2, 0) is 6.54 Å². The van der Waals surface area contributed by atoms with E-state index in [0.29, 0.717) is 22.5 Å². The summed E-state index contributed by atoms with van der Waals surface area (Å²) in [5, 5.41) is 4.97. The summed E-state index contributed by atoms with van der Waals surface area (Å²) in [6.45, 7) is 0.686. The van der Waals surface area contributed by atoms with Gasteiger partial charge in [0, 0.05) is 33.6 Å². The molecule has 94 valence electrons. The Kier molecular flexibility index (Phi) is 4.59. The molecule has 1 aromatic carbocycles. The second-order valence-corrected chi connectivity index (χ2v) is 5.76. The Morgan fingerprint density at radius 1 is 1.12 bits per heavy atom. The first-order valence-corrected chi connectivity index (χ1v) is 7.20. The summed E-state index contributed by atoms with van der Waals surface area (Å²) < 4.78 is 0. The standard InChI is InChI=1S/C13H16Cl3N/c14-9-13(6-1-2-7-13)17-8-10-11(15)4-3-5-12(10)16/h3-5,17H,1-2,6-9H2. The van der Waals surface area contributed by atoms with Crippen LogP contribution >= 0.6 is 34.8 Å². The Balaban J connectivity index is 2.06. The van der Waals surface area contributed by atoms with Gasteiger partial charge >= 0.3 is 0 Å². The summed E-state index contributed by atoms with van der Waals surface area (Å²) in [7, 11) is 0. The topological polar surface area (TPSA) is 12.0 Å². The van der Waals surface area contributed by atoms with Gasteiger partial charge in [-0.15, -0.1) is 11.6 Å². The van der Waals surface area contributed by atoms with Crippen molar-refractivity contribution in [2.75, 3.05) is 5.88 Å². The predicted octanol–water partition coefficient (Wildman–Crippen LogP) is 4.63. The highest BCUT2D eigenvalue weighted by atomic mass is 35.5. The van der Waals surface area contributed by atoms with Crippen LogP contribution in [0.4, 0.5) is 0 Å². The average molecular weight is 293 g/mol. The molecule has 0 radical (unpaired) electrons. The highest BCUT2D eigenvalue weighted by Gasteiger charge is 2.32. The van der Waals surface area contributed by atoms with E-state index in [1.807, 2.05) is 18.2 Å². The molecular weight excluding hydrogens is 277 g/mol. The minimum atomic E-state index is 0.0735. The molecule has 0 spiro atoms. The molecule has 0 aromatic heterocycles. The predicted molar refractivity (Wildman–Crippen MR) is 75.2 cm³/mol. The largest absolute Gasteiger partial charge is 0.306 e. The zero-order valence-corrected chi connectivity index (χ0v) is 11.9. The number of halogens is 3. The molecule has 1 fully saturated rings. The maximum absolute atomic E-state index is 6.15. The molecule has 1 saturated carbocycles. The van der Waals surface area contributed by atoms with Gasteiger partial charge in [-0.05, 0) is 25.0 Å². The van der Waals surface area contributed by atoms with Crippen LogP contribution in [0.5, 0.6) is 0 Å². The molecule has 17 heavy (non-hydrogen) atoms. The minimum Gasteiger partial charge on any atom is -0.306 e. The van der Waals surface area contributed by atoms with E-state index in [0.717, 1.165) is 18.4 Å². The molecule has 0 bridgehead atoms. The van der Waals surface area contributed by atoms with E-state index in [2.05, 4.69) is 5.32 Å². The molecule has 1 aliphatic rings. The maximum Gasteiger partial charge on any atom is 0.0465 e. The number of nitrogens with one attached hydrogen (secondary N) is 1. The quantitative estimate of drug-likeness (QED) is 0.798. The van der Waals surface area contributed by atoms with Crippen LogP contribution in [0.2, 0.25) is 10.0 Å². The van der Waals surface area contributed by atoms with Crippen LogP contribution < -0.4 is 5.32 Å². The molecule has 0 heterocycles. The molecule has 1 aromatic rings. The van der Waals surface area contributed by atoms with E-state index in [1.54, 1.807) is 0 Å². The van der Waals surface area contributed by atoms with E-state index in [9.17, 15) is 0 Å². The summed E-state index contributed by atoms with van der Waals surface area (Å²) >= 11 is 18.4. The molecule has 0 saturated heterocycles. The van der Waals surface area contributed by atoms with Gasteiger partial charge in [0.15, 0.2) is 0 Å². The third-order valence-corrected chi connectivity index (χ3v) is 4.74.